The Morgan fingerprint density at radius 3 is 2.55 bits per heavy atom. The van der Waals surface area contributed by atoms with Gasteiger partial charge in [0.25, 0.3) is 0 Å². The second kappa shape index (κ2) is 14.1. The Morgan fingerprint density at radius 1 is 1.06 bits per heavy atom. The number of carbonyl (C=O) groups is 3. The molecule has 1 aliphatic carbocycles. The van der Waals surface area contributed by atoms with E-state index in [2.05, 4.69) is 9.80 Å². The number of ether oxygens (including phenoxy) is 1. The number of Topliss-reactive ketones (excluding diaryl/α,β-unsaturated/α-hetero) is 1. The van der Waals surface area contributed by atoms with Crippen LogP contribution >= 0.6 is 0 Å². The number of nitrogens with zero attached hydrogens (tertiary/aromatic N) is 2. The quantitative estimate of drug-likeness (QED) is 0.175. The summed E-state index contributed by atoms with van der Waals surface area (Å²) < 4.78 is 20.0. The lowest BCUT2D eigenvalue weighted by Crippen LogP contribution is -2.64. The molecule has 0 aromatic heterocycles. The van der Waals surface area contributed by atoms with E-state index in [1.807, 2.05) is 26.0 Å². The van der Waals surface area contributed by atoms with Crippen molar-refractivity contribution in [2.45, 2.75) is 89.9 Å². The van der Waals surface area contributed by atoms with Gasteiger partial charge in [-0.2, -0.15) is 0 Å². The molecule has 3 heterocycles. The minimum absolute atomic E-state index is 0.0200. The molecule has 9 heteroatoms. The third kappa shape index (κ3) is 7.06. The van der Waals surface area contributed by atoms with Crippen LogP contribution in [0.2, 0.25) is 0 Å². The van der Waals surface area contributed by atoms with Gasteiger partial charge in [-0.05, 0) is 113 Å². The van der Waals surface area contributed by atoms with E-state index in [0.717, 1.165) is 56.1 Å². The molecular formula is C38H45FN2O6. The van der Waals surface area contributed by atoms with Crippen LogP contribution in [0.3, 0.4) is 0 Å². The zero-order chi connectivity index (χ0) is 33.2. The van der Waals surface area contributed by atoms with Crippen molar-refractivity contribution in [1.29, 1.82) is 0 Å². The molecule has 3 fully saturated rings. The topological polar surface area (TPSA) is 107 Å². The molecule has 0 bridgehead atoms. The number of hydrogen-bond acceptors (Lipinski definition) is 8. The molecule has 0 spiro atoms. The minimum Gasteiger partial charge on any atom is -0.507 e. The van der Waals surface area contributed by atoms with Crippen molar-refractivity contribution in [1.82, 2.24) is 9.80 Å². The zero-order valence-corrected chi connectivity index (χ0v) is 27.3. The van der Waals surface area contributed by atoms with Gasteiger partial charge in [0.2, 0.25) is 0 Å². The molecule has 0 saturated carbocycles. The summed E-state index contributed by atoms with van der Waals surface area (Å²) in [7, 11) is 0. The highest BCUT2D eigenvalue weighted by molar-refractivity contribution is 6.27. The lowest BCUT2D eigenvalue weighted by Gasteiger charge is -2.57. The van der Waals surface area contributed by atoms with E-state index in [-0.39, 0.29) is 47.2 Å². The molecule has 0 radical (unpaired) electrons. The Bertz CT molecular complexity index is 1590. The number of piperidine rings is 3. The Morgan fingerprint density at radius 2 is 1.81 bits per heavy atom. The maximum absolute atomic E-state index is 14.1. The zero-order valence-electron chi connectivity index (χ0n) is 27.3. The number of halogens is 1. The van der Waals surface area contributed by atoms with Crippen molar-refractivity contribution in [2.75, 3.05) is 19.6 Å². The summed E-state index contributed by atoms with van der Waals surface area (Å²) in [4.78, 5) is 45.1. The van der Waals surface area contributed by atoms with Gasteiger partial charge in [0.05, 0.1) is 11.1 Å². The van der Waals surface area contributed by atoms with Gasteiger partial charge in [-0.1, -0.05) is 23.8 Å². The molecule has 3 aliphatic heterocycles. The fraction of sp³-hybridized carbons (Fsp3) is 0.500. The van der Waals surface area contributed by atoms with Crippen molar-refractivity contribution in [3.8, 4) is 11.5 Å². The summed E-state index contributed by atoms with van der Waals surface area (Å²) in [6.07, 6.45) is 8.40. The predicted octanol–water partition coefficient (Wildman–Crippen LogP) is 6.36. The molecule has 0 unspecified atom stereocenters. The third-order valence-electron chi connectivity index (χ3n) is 10.5. The average Bonchev–Trinajstić information content (AvgIpc) is 3.03. The standard InChI is InChI=1S/C38H45FN2O6/c1-23(2)13-16-33(28-20-32(44)35-30(42)14-15-31(43)36(35)38(28)46)47-34(45)12-4-11-29-27-10-6-18-40-17-5-8-25(37(27)40)22-41(29)21-24-7-3-9-26(39)19-24/h3,7,9,13-15,19-20,25,27,29,33,37,42-43H,4-6,8,10-12,16-18,21-22H2,1-2H3/t25-,27+,29+,33-,37-/m1/s1. The first-order chi connectivity index (χ1) is 22.6. The Balaban J connectivity index is 1.17. The van der Waals surface area contributed by atoms with Gasteiger partial charge in [-0.25, -0.2) is 4.39 Å². The lowest BCUT2D eigenvalue weighted by molar-refractivity contribution is -0.147. The summed E-state index contributed by atoms with van der Waals surface area (Å²) >= 11 is 0. The number of benzene rings is 2. The summed E-state index contributed by atoms with van der Waals surface area (Å²) in [6, 6.07) is 9.98. The molecule has 2 aromatic carbocycles. The van der Waals surface area contributed by atoms with Gasteiger partial charge in [0, 0.05) is 43.6 Å². The van der Waals surface area contributed by atoms with E-state index < -0.39 is 29.4 Å². The molecule has 6 rings (SSSR count). The summed E-state index contributed by atoms with van der Waals surface area (Å²) in [5.41, 5.74) is 1.37. The van der Waals surface area contributed by atoms with Crippen molar-refractivity contribution >= 4 is 17.5 Å². The summed E-state index contributed by atoms with van der Waals surface area (Å²) in [5, 5.41) is 20.6. The molecule has 5 atom stereocenters. The normalized spacial score (nSPS) is 25.0. The number of ketones is 2. The van der Waals surface area contributed by atoms with Crippen LogP contribution in [0.15, 0.2) is 59.7 Å². The number of phenols is 2. The first-order valence-corrected chi connectivity index (χ1v) is 17.0. The van der Waals surface area contributed by atoms with E-state index in [9.17, 15) is 29.0 Å². The molecule has 8 nitrogen and oxygen atoms in total. The second-order valence-corrected chi connectivity index (χ2v) is 13.9. The molecule has 250 valence electrons. The number of phenolic OH excluding ortho intramolecular Hbond substituents is 2. The number of esters is 1. The fourth-order valence-electron chi connectivity index (χ4n) is 8.51. The van der Waals surface area contributed by atoms with E-state index >= 15 is 0 Å². The minimum atomic E-state index is -1.02. The number of fused-ring (bicyclic) bond motifs is 1. The Hall–Kier alpha value is -3.82. The number of allylic oxidation sites excluding steroid dienone is 2. The van der Waals surface area contributed by atoms with Gasteiger partial charge >= 0.3 is 5.97 Å². The monoisotopic (exact) mass is 644 g/mol. The van der Waals surface area contributed by atoms with E-state index in [0.29, 0.717) is 30.8 Å². The van der Waals surface area contributed by atoms with Crippen molar-refractivity contribution in [2.24, 2.45) is 11.8 Å². The van der Waals surface area contributed by atoms with Gasteiger partial charge in [0.1, 0.15) is 23.4 Å². The van der Waals surface area contributed by atoms with Crippen LogP contribution in [-0.4, -0.2) is 75.4 Å². The first-order valence-electron chi connectivity index (χ1n) is 17.0. The molecule has 0 amide bonds. The van der Waals surface area contributed by atoms with E-state index in [1.165, 1.54) is 31.0 Å². The van der Waals surface area contributed by atoms with Gasteiger partial charge in [-0.15, -0.1) is 0 Å². The van der Waals surface area contributed by atoms with Gasteiger partial charge in [-0.3, -0.25) is 24.2 Å². The van der Waals surface area contributed by atoms with Gasteiger partial charge in [0.15, 0.2) is 11.6 Å². The molecule has 4 aliphatic rings. The molecule has 47 heavy (non-hydrogen) atoms. The highest BCUT2D eigenvalue weighted by Gasteiger charge is 2.48. The highest BCUT2D eigenvalue weighted by Crippen LogP contribution is 2.44. The number of aromatic hydroxyl groups is 2. The fourth-order valence-corrected chi connectivity index (χ4v) is 8.51. The SMILES string of the molecule is CC(C)=CC[C@@H](OC(=O)CCC[C@H]1[C@@H]2CCCN3CCC[C@H](CN1Cc1cccc(F)c1)[C@H]23)C1=CC(=O)c2c(O)ccc(O)c2C1=O. The van der Waals surface area contributed by atoms with Crippen molar-refractivity contribution in [3.05, 3.63) is 82.2 Å². The van der Waals surface area contributed by atoms with Gasteiger partial charge < -0.3 is 14.9 Å². The average molecular weight is 645 g/mol. The predicted molar refractivity (Wildman–Crippen MR) is 176 cm³/mol. The van der Waals surface area contributed by atoms with Crippen LogP contribution in [0.25, 0.3) is 0 Å². The van der Waals surface area contributed by atoms with Crippen LogP contribution in [0.4, 0.5) is 4.39 Å². The molecule has 2 aromatic rings. The summed E-state index contributed by atoms with van der Waals surface area (Å²) in [6.45, 7) is 7.71. The van der Waals surface area contributed by atoms with Crippen LogP contribution in [-0.2, 0) is 16.1 Å². The smallest absolute Gasteiger partial charge is 0.306 e. The number of rotatable bonds is 10. The number of carbonyl (C=O) groups excluding carboxylic acids is 3. The maximum atomic E-state index is 14.1. The Labute approximate surface area is 275 Å². The second-order valence-electron chi connectivity index (χ2n) is 13.9. The largest absolute Gasteiger partial charge is 0.507 e. The third-order valence-corrected chi connectivity index (χ3v) is 10.5. The summed E-state index contributed by atoms with van der Waals surface area (Å²) in [5.74, 6) is -1.69. The van der Waals surface area contributed by atoms with E-state index in [1.54, 1.807) is 12.1 Å². The molecular weight excluding hydrogens is 599 g/mol. The van der Waals surface area contributed by atoms with Crippen LogP contribution in [0, 0.1) is 17.7 Å². The maximum Gasteiger partial charge on any atom is 0.306 e. The molecule has 2 N–H and O–H groups in total. The number of hydrogen-bond donors (Lipinski definition) is 2. The van der Waals surface area contributed by atoms with E-state index in [4.69, 9.17) is 4.74 Å². The highest BCUT2D eigenvalue weighted by atomic mass is 19.1. The van der Waals surface area contributed by atoms with Crippen molar-refractivity contribution in [3.63, 3.8) is 0 Å². The van der Waals surface area contributed by atoms with Crippen LogP contribution in [0.5, 0.6) is 11.5 Å². The van der Waals surface area contributed by atoms with Crippen LogP contribution in [0.1, 0.15) is 91.5 Å². The number of likely N-dealkylation sites (tertiary alicyclic amines) is 1. The van der Waals surface area contributed by atoms with Crippen LogP contribution < -0.4 is 0 Å². The lowest BCUT2D eigenvalue weighted by atomic mass is 9.69. The Kier molecular flexibility index (Phi) is 9.94. The first kappa shape index (κ1) is 33.1. The van der Waals surface area contributed by atoms with Crippen molar-refractivity contribution < 1.29 is 33.7 Å². The molecule has 3 saturated heterocycles.